The van der Waals surface area contributed by atoms with Crippen molar-refractivity contribution in [1.29, 1.82) is 0 Å². The molecule has 0 fully saturated rings. The molecule has 0 aliphatic carbocycles. The second kappa shape index (κ2) is 8.49. The lowest BCUT2D eigenvalue weighted by Crippen LogP contribution is -1.96. The molecule has 142 valence electrons. The Hall–Kier alpha value is -3.45. The van der Waals surface area contributed by atoms with Crippen LogP contribution in [0.3, 0.4) is 0 Å². The minimum Gasteiger partial charge on any atom is -0.496 e. The molecular formula is C21H17NO5S. The highest BCUT2D eigenvalue weighted by Crippen LogP contribution is 2.41. The summed E-state index contributed by atoms with van der Waals surface area (Å²) in [5, 5.41) is 12.8. The summed E-state index contributed by atoms with van der Waals surface area (Å²) in [6.45, 7) is 0. The lowest BCUT2D eigenvalue weighted by molar-refractivity contribution is -0.384. The maximum absolute atomic E-state index is 11.8. The first-order valence-corrected chi connectivity index (χ1v) is 9.17. The van der Waals surface area contributed by atoms with E-state index in [-0.39, 0.29) is 5.69 Å². The molecule has 3 aromatic rings. The summed E-state index contributed by atoms with van der Waals surface area (Å²) in [6.07, 6.45) is 2.38. The highest BCUT2D eigenvalue weighted by molar-refractivity contribution is 7.13. The highest BCUT2D eigenvalue weighted by Gasteiger charge is 2.17. The number of thiophene rings is 1. The van der Waals surface area contributed by atoms with Gasteiger partial charge in [-0.15, -0.1) is 11.3 Å². The molecule has 0 aliphatic heterocycles. The molecule has 0 atom stereocenters. The van der Waals surface area contributed by atoms with Crippen LogP contribution >= 0.6 is 11.3 Å². The van der Waals surface area contributed by atoms with Crippen LogP contribution in [0.1, 0.15) is 11.1 Å². The molecule has 0 saturated heterocycles. The maximum atomic E-state index is 11.8. The number of nitrogens with zero attached hydrogens (tertiary/aromatic N) is 1. The van der Waals surface area contributed by atoms with Gasteiger partial charge in [0.25, 0.3) is 5.69 Å². The van der Waals surface area contributed by atoms with Crippen LogP contribution in [0.2, 0.25) is 0 Å². The molecule has 3 rings (SSSR count). The smallest absolute Gasteiger partial charge is 0.269 e. The van der Waals surface area contributed by atoms with Crippen molar-refractivity contribution < 1.29 is 19.2 Å². The quantitative estimate of drug-likeness (QED) is 0.183. The molecule has 7 heteroatoms. The van der Waals surface area contributed by atoms with Gasteiger partial charge in [0.2, 0.25) is 0 Å². The van der Waals surface area contributed by atoms with Gasteiger partial charge in [0.15, 0.2) is 6.29 Å². The van der Waals surface area contributed by atoms with E-state index in [2.05, 4.69) is 0 Å². The molecule has 0 spiro atoms. The number of ether oxygens (including phenoxy) is 2. The van der Waals surface area contributed by atoms with Crippen molar-refractivity contribution in [3.63, 3.8) is 0 Å². The fourth-order valence-electron chi connectivity index (χ4n) is 2.86. The Morgan fingerprint density at radius 2 is 1.82 bits per heavy atom. The Morgan fingerprint density at radius 1 is 1.07 bits per heavy atom. The average molecular weight is 395 g/mol. The summed E-state index contributed by atoms with van der Waals surface area (Å²) in [5.74, 6) is 1.14. The SMILES string of the molecule is COc1ccc(-c2cccs2)c(OC)c1/C=C(\C=O)c1ccc([N+](=O)[O-])cc1. The molecule has 1 aromatic heterocycles. The molecule has 0 N–H and O–H groups in total. The monoisotopic (exact) mass is 395 g/mol. The van der Waals surface area contributed by atoms with Crippen molar-refractivity contribution in [2.75, 3.05) is 14.2 Å². The van der Waals surface area contributed by atoms with Gasteiger partial charge >= 0.3 is 0 Å². The van der Waals surface area contributed by atoms with Crippen LogP contribution in [-0.4, -0.2) is 25.4 Å². The van der Waals surface area contributed by atoms with Crippen molar-refractivity contribution in [3.05, 3.63) is 75.2 Å². The summed E-state index contributed by atoms with van der Waals surface area (Å²) in [5.41, 5.74) is 2.39. The number of rotatable bonds is 7. The number of nitro benzene ring substituents is 1. The highest BCUT2D eigenvalue weighted by atomic mass is 32.1. The zero-order valence-corrected chi connectivity index (χ0v) is 16.1. The average Bonchev–Trinajstić information content (AvgIpc) is 3.26. The molecule has 0 aliphatic rings. The second-order valence-electron chi connectivity index (χ2n) is 5.76. The maximum Gasteiger partial charge on any atom is 0.269 e. The van der Waals surface area contributed by atoms with Crippen molar-refractivity contribution in [1.82, 2.24) is 0 Å². The molecular weight excluding hydrogens is 378 g/mol. The summed E-state index contributed by atoms with van der Waals surface area (Å²) >= 11 is 1.58. The van der Waals surface area contributed by atoms with Crippen molar-refractivity contribution in [3.8, 4) is 21.9 Å². The first-order chi connectivity index (χ1) is 13.6. The number of carbonyl (C=O) groups is 1. The van der Waals surface area contributed by atoms with Crippen LogP contribution < -0.4 is 9.47 Å². The molecule has 0 bridgehead atoms. The van der Waals surface area contributed by atoms with Gasteiger partial charge in [-0.1, -0.05) is 6.07 Å². The number of benzene rings is 2. The van der Waals surface area contributed by atoms with E-state index in [0.29, 0.717) is 34.5 Å². The molecule has 6 nitrogen and oxygen atoms in total. The van der Waals surface area contributed by atoms with Crippen LogP contribution in [0.25, 0.3) is 22.1 Å². The minimum absolute atomic E-state index is 0.0381. The lowest BCUT2D eigenvalue weighted by Gasteiger charge is -2.15. The molecule has 28 heavy (non-hydrogen) atoms. The van der Waals surface area contributed by atoms with Gasteiger partial charge in [-0.05, 0) is 47.4 Å². The van der Waals surface area contributed by atoms with Crippen LogP contribution in [0.15, 0.2) is 53.9 Å². The van der Waals surface area contributed by atoms with Crippen molar-refractivity contribution in [2.24, 2.45) is 0 Å². The van der Waals surface area contributed by atoms with Crippen LogP contribution in [-0.2, 0) is 4.79 Å². The van der Waals surface area contributed by atoms with E-state index >= 15 is 0 Å². The minimum atomic E-state index is -0.482. The molecule has 2 aromatic carbocycles. The van der Waals surface area contributed by atoms with Crippen LogP contribution in [0, 0.1) is 10.1 Å². The summed E-state index contributed by atoms with van der Waals surface area (Å²) < 4.78 is 11.1. The van der Waals surface area contributed by atoms with Crippen LogP contribution in [0.4, 0.5) is 5.69 Å². The number of hydrogen-bond acceptors (Lipinski definition) is 6. The third-order valence-electron chi connectivity index (χ3n) is 4.21. The van der Waals surface area contributed by atoms with Crippen molar-refractivity contribution >= 4 is 35.0 Å². The van der Waals surface area contributed by atoms with E-state index in [0.717, 1.165) is 10.4 Å². The van der Waals surface area contributed by atoms with Crippen LogP contribution in [0.5, 0.6) is 11.5 Å². The summed E-state index contributed by atoms with van der Waals surface area (Å²) in [6, 6.07) is 13.5. The number of hydrogen-bond donors (Lipinski definition) is 0. The van der Waals surface area contributed by atoms with Crippen molar-refractivity contribution in [2.45, 2.75) is 0 Å². The normalized spacial score (nSPS) is 11.1. The van der Waals surface area contributed by atoms with Gasteiger partial charge < -0.3 is 9.47 Å². The number of nitro groups is 1. The fraction of sp³-hybridized carbons (Fsp3) is 0.0952. The Labute approximate surface area is 165 Å². The third-order valence-corrected chi connectivity index (χ3v) is 5.11. The largest absolute Gasteiger partial charge is 0.496 e. The fourth-order valence-corrected chi connectivity index (χ4v) is 3.61. The second-order valence-corrected chi connectivity index (χ2v) is 6.71. The van der Waals surface area contributed by atoms with E-state index in [9.17, 15) is 14.9 Å². The number of carbonyl (C=O) groups excluding carboxylic acids is 1. The van der Waals surface area contributed by atoms with E-state index < -0.39 is 4.92 Å². The zero-order chi connectivity index (χ0) is 20.1. The Kier molecular flexibility index (Phi) is 5.86. The zero-order valence-electron chi connectivity index (χ0n) is 15.2. The number of methoxy groups -OCH3 is 2. The number of aldehydes is 1. The molecule has 0 saturated carbocycles. The van der Waals surface area contributed by atoms with E-state index in [4.69, 9.17) is 9.47 Å². The lowest BCUT2D eigenvalue weighted by atomic mass is 10.00. The molecule has 0 unspecified atom stereocenters. The predicted molar refractivity (Wildman–Crippen MR) is 110 cm³/mol. The first-order valence-electron chi connectivity index (χ1n) is 8.29. The first kappa shape index (κ1) is 19.3. The Balaban J connectivity index is 2.15. The Bertz CT molecular complexity index is 1020. The van der Waals surface area contributed by atoms with Gasteiger partial charge in [0.05, 0.1) is 24.7 Å². The van der Waals surface area contributed by atoms with Gasteiger partial charge in [-0.25, -0.2) is 0 Å². The molecule has 0 radical (unpaired) electrons. The predicted octanol–water partition coefficient (Wildman–Crippen LogP) is 5.08. The number of allylic oxidation sites excluding steroid dienone is 1. The van der Waals surface area contributed by atoms with Gasteiger partial charge in [0.1, 0.15) is 11.5 Å². The molecule has 0 amide bonds. The van der Waals surface area contributed by atoms with E-state index in [1.54, 1.807) is 43.8 Å². The summed E-state index contributed by atoms with van der Waals surface area (Å²) in [7, 11) is 3.11. The molecule has 1 heterocycles. The van der Waals surface area contributed by atoms with Gasteiger partial charge in [0, 0.05) is 28.1 Å². The van der Waals surface area contributed by atoms with Gasteiger partial charge in [-0.3, -0.25) is 14.9 Å². The topological polar surface area (TPSA) is 78.7 Å². The standard InChI is InChI=1S/C21H17NO5S/c1-26-19-10-9-17(20-4-3-11-28-20)21(27-2)18(19)12-15(13-23)14-5-7-16(8-6-14)22(24)25/h3-13H,1-2H3/b15-12+. The summed E-state index contributed by atoms with van der Waals surface area (Å²) in [4.78, 5) is 23.2. The van der Waals surface area contributed by atoms with Gasteiger partial charge in [-0.2, -0.15) is 0 Å². The number of non-ortho nitro benzene ring substituents is 1. The third kappa shape index (κ3) is 3.79. The van der Waals surface area contributed by atoms with E-state index in [1.807, 2.05) is 29.6 Å². The Morgan fingerprint density at radius 3 is 2.36 bits per heavy atom. The van der Waals surface area contributed by atoms with E-state index in [1.165, 1.54) is 12.1 Å².